The number of piperidine rings is 1. The monoisotopic (exact) mass is 442 g/mol. The second-order valence-electron chi connectivity index (χ2n) is 11.7. The number of ketones is 1. The average Bonchev–Trinajstić information content (AvgIpc) is 3.21. The van der Waals surface area contributed by atoms with Gasteiger partial charge < -0.3 is 11.1 Å². The molecule has 1 amide bonds. The Hall–Kier alpha value is -1.32. The summed E-state index contributed by atoms with van der Waals surface area (Å²) < 4.78 is 0. The molecule has 3 fully saturated rings. The lowest BCUT2D eigenvalue weighted by atomic mass is 9.48. The largest absolute Gasteiger partial charge is 0.387 e. The molecule has 3 aliphatic carbocycles. The number of unbranched alkanes of at least 4 members (excludes halogenated alkanes) is 6. The predicted octanol–water partition coefficient (Wildman–Crippen LogP) is 5.90. The summed E-state index contributed by atoms with van der Waals surface area (Å²) in [6.07, 6.45) is 19.5. The molecule has 1 unspecified atom stereocenters. The van der Waals surface area contributed by atoms with E-state index in [9.17, 15) is 9.59 Å². The van der Waals surface area contributed by atoms with E-state index < -0.39 is 0 Å². The number of hydrogen-bond acceptors (Lipinski definition) is 3. The molecule has 0 aromatic heterocycles. The van der Waals surface area contributed by atoms with Gasteiger partial charge in [0.1, 0.15) is 0 Å². The van der Waals surface area contributed by atoms with E-state index >= 15 is 0 Å². The van der Waals surface area contributed by atoms with E-state index in [1.54, 1.807) is 0 Å². The van der Waals surface area contributed by atoms with Crippen LogP contribution in [0.25, 0.3) is 0 Å². The fourth-order valence-corrected chi connectivity index (χ4v) is 8.48. The Morgan fingerprint density at radius 2 is 1.84 bits per heavy atom. The van der Waals surface area contributed by atoms with Crippen molar-refractivity contribution < 1.29 is 9.59 Å². The molecule has 4 aliphatic rings. The van der Waals surface area contributed by atoms with Crippen molar-refractivity contribution in [3.8, 4) is 0 Å². The molecular weight excluding hydrogens is 396 g/mol. The van der Waals surface area contributed by atoms with Crippen LogP contribution in [-0.4, -0.2) is 18.2 Å². The highest BCUT2D eigenvalue weighted by atomic mass is 16.1. The highest BCUT2D eigenvalue weighted by Gasteiger charge is 2.60. The Morgan fingerprint density at radius 1 is 1.09 bits per heavy atom. The van der Waals surface area contributed by atoms with Gasteiger partial charge in [0.2, 0.25) is 5.91 Å². The Kier molecular flexibility index (Phi) is 7.36. The van der Waals surface area contributed by atoms with Gasteiger partial charge >= 0.3 is 0 Å². The third kappa shape index (κ3) is 4.28. The zero-order valence-corrected chi connectivity index (χ0v) is 20.6. The lowest BCUT2D eigenvalue weighted by Gasteiger charge is -2.59. The van der Waals surface area contributed by atoms with Gasteiger partial charge in [-0.1, -0.05) is 65.2 Å². The fourth-order valence-electron chi connectivity index (χ4n) is 8.48. The van der Waals surface area contributed by atoms with Crippen molar-refractivity contribution in [1.29, 1.82) is 0 Å². The van der Waals surface area contributed by atoms with E-state index in [-0.39, 0.29) is 28.4 Å². The van der Waals surface area contributed by atoms with Crippen LogP contribution in [0, 0.1) is 34.5 Å². The SMILES string of the molecule is CCCCCCCCCC(C(N)=O)[C@@]12CCC[C@H]1[C@@H]1CNC3=CC(=O)CC[C@]3(C)[C@H]1CC2. The van der Waals surface area contributed by atoms with Crippen molar-refractivity contribution >= 4 is 11.7 Å². The molecular formula is C28H46N2O2. The zero-order valence-electron chi connectivity index (χ0n) is 20.6. The van der Waals surface area contributed by atoms with E-state index in [0.717, 1.165) is 32.2 Å². The molecule has 3 N–H and O–H groups in total. The van der Waals surface area contributed by atoms with Gasteiger partial charge in [0, 0.05) is 36.1 Å². The van der Waals surface area contributed by atoms with Gasteiger partial charge in [0.15, 0.2) is 5.78 Å². The first-order valence-electron chi connectivity index (χ1n) is 13.7. The van der Waals surface area contributed by atoms with E-state index in [1.165, 1.54) is 69.9 Å². The summed E-state index contributed by atoms with van der Waals surface area (Å²) >= 11 is 0. The number of carbonyl (C=O) groups is 2. The molecule has 1 aliphatic heterocycles. The number of amides is 1. The molecule has 1 heterocycles. The quantitative estimate of drug-likeness (QED) is 0.414. The minimum Gasteiger partial charge on any atom is -0.387 e. The van der Waals surface area contributed by atoms with Crippen LogP contribution in [0.4, 0.5) is 0 Å². The van der Waals surface area contributed by atoms with Gasteiger partial charge in [-0.3, -0.25) is 9.59 Å². The Bertz CT molecular complexity index is 731. The topological polar surface area (TPSA) is 72.2 Å². The third-order valence-corrected chi connectivity index (χ3v) is 10.1. The van der Waals surface area contributed by atoms with Gasteiger partial charge in [0.05, 0.1) is 0 Å². The summed E-state index contributed by atoms with van der Waals surface area (Å²) in [5.74, 6) is 2.12. The van der Waals surface area contributed by atoms with Gasteiger partial charge in [-0.25, -0.2) is 0 Å². The summed E-state index contributed by atoms with van der Waals surface area (Å²) in [6.45, 7) is 5.62. The maximum absolute atomic E-state index is 12.8. The molecule has 32 heavy (non-hydrogen) atoms. The minimum atomic E-state index is -0.0415. The van der Waals surface area contributed by atoms with Gasteiger partial charge in [-0.2, -0.15) is 0 Å². The van der Waals surface area contributed by atoms with Crippen molar-refractivity contribution in [2.75, 3.05) is 6.54 Å². The molecule has 4 rings (SSSR count). The molecule has 4 nitrogen and oxygen atoms in total. The molecule has 0 aromatic rings. The summed E-state index contributed by atoms with van der Waals surface area (Å²) in [5.41, 5.74) is 7.53. The first kappa shape index (κ1) is 23.8. The van der Waals surface area contributed by atoms with Crippen molar-refractivity contribution in [2.45, 2.75) is 110 Å². The van der Waals surface area contributed by atoms with Crippen molar-refractivity contribution in [3.05, 3.63) is 11.8 Å². The number of allylic oxidation sites excluding steroid dienone is 2. The number of nitrogens with two attached hydrogens (primary N) is 1. The molecule has 0 bridgehead atoms. The maximum Gasteiger partial charge on any atom is 0.221 e. The number of carbonyl (C=O) groups excluding carboxylic acids is 2. The normalized spacial score (nSPS) is 37.0. The third-order valence-electron chi connectivity index (χ3n) is 10.1. The summed E-state index contributed by atoms with van der Waals surface area (Å²) in [6, 6.07) is 0. The Balaban J connectivity index is 1.45. The number of fused-ring (bicyclic) bond motifs is 5. The van der Waals surface area contributed by atoms with E-state index in [1.807, 2.05) is 6.08 Å². The van der Waals surface area contributed by atoms with Crippen molar-refractivity contribution in [1.82, 2.24) is 5.32 Å². The molecule has 6 atom stereocenters. The van der Waals surface area contributed by atoms with Crippen LogP contribution < -0.4 is 11.1 Å². The van der Waals surface area contributed by atoms with Crippen LogP contribution in [0.1, 0.15) is 110 Å². The van der Waals surface area contributed by atoms with Crippen LogP contribution in [-0.2, 0) is 9.59 Å². The van der Waals surface area contributed by atoms with Gasteiger partial charge in [-0.15, -0.1) is 0 Å². The number of hydrogen-bond donors (Lipinski definition) is 2. The van der Waals surface area contributed by atoms with Crippen LogP contribution in [0.2, 0.25) is 0 Å². The summed E-state index contributed by atoms with van der Waals surface area (Å²) in [5, 5.41) is 3.69. The fraction of sp³-hybridized carbons (Fsp3) is 0.857. The van der Waals surface area contributed by atoms with E-state index in [4.69, 9.17) is 5.73 Å². The summed E-state index contributed by atoms with van der Waals surface area (Å²) in [7, 11) is 0. The van der Waals surface area contributed by atoms with Crippen LogP contribution in [0.15, 0.2) is 11.8 Å². The average molecular weight is 443 g/mol. The summed E-state index contributed by atoms with van der Waals surface area (Å²) in [4.78, 5) is 24.8. The Labute approximate surface area is 195 Å². The minimum absolute atomic E-state index is 0.0415. The molecule has 1 saturated heterocycles. The molecule has 0 aromatic carbocycles. The number of primary amides is 1. The number of rotatable bonds is 10. The van der Waals surface area contributed by atoms with Crippen molar-refractivity contribution in [3.63, 3.8) is 0 Å². The maximum atomic E-state index is 12.8. The van der Waals surface area contributed by atoms with E-state index in [0.29, 0.717) is 24.2 Å². The molecule has 0 spiro atoms. The molecule has 180 valence electrons. The van der Waals surface area contributed by atoms with Gasteiger partial charge in [0.25, 0.3) is 0 Å². The molecule has 2 saturated carbocycles. The smallest absolute Gasteiger partial charge is 0.221 e. The van der Waals surface area contributed by atoms with E-state index in [2.05, 4.69) is 19.2 Å². The predicted molar refractivity (Wildman–Crippen MR) is 130 cm³/mol. The van der Waals surface area contributed by atoms with Crippen LogP contribution >= 0.6 is 0 Å². The first-order chi connectivity index (χ1) is 15.4. The Morgan fingerprint density at radius 3 is 2.59 bits per heavy atom. The van der Waals surface area contributed by atoms with Crippen LogP contribution in [0.3, 0.4) is 0 Å². The molecule has 0 radical (unpaired) electrons. The zero-order chi connectivity index (χ0) is 22.8. The lowest BCUT2D eigenvalue weighted by molar-refractivity contribution is -0.135. The lowest BCUT2D eigenvalue weighted by Crippen LogP contribution is -2.58. The second kappa shape index (κ2) is 9.89. The first-order valence-corrected chi connectivity index (χ1v) is 13.7. The standard InChI is InChI=1S/C28H46N2O2/c1-3-4-5-6-7-8-9-11-24(26(29)32)28-15-10-12-23(28)21-19-30-25-18-20(31)13-16-27(25,2)22(21)14-17-28/h18,21-24,30H,3-17,19H2,1-2H3,(H2,29,32)/t21-,22+,23+,24?,27-,28-/m1/s1. The van der Waals surface area contributed by atoms with Crippen LogP contribution in [0.5, 0.6) is 0 Å². The van der Waals surface area contributed by atoms with Crippen molar-refractivity contribution in [2.24, 2.45) is 40.2 Å². The highest BCUT2D eigenvalue weighted by Crippen LogP contribution is 2.65. The second-order valence-corrected chi connectivity index (χ2v) is 11.7. The highest BCUT2D eigenvalue weighted by molar-refractivity contribution is 5.91. The number of nitrogens with one attached hydrogen (secondary N) is 1. The molecule has 4 heteroatoms. The van der Waals surface area contributed by atoms with Gasteiger partial charge in [-0.05, 0) is 61.7 Å².